The summed E-state index contributed by atoms with van der Waals surface area (Å²) < 4.78 is 5.66. The van der Waals surface area contributed by atoms with Crippen LogP contribution in [0.25, 0.3) is 0 Å². The molecule has 0 aromatic heterocycles. The Morgan fingerprint density at radius 3 is 2.15 bits per heavy atom. The van der Waals surface area contributed by atoms with Gasteiger partial charge in [-0.05, 0) is 99.9 Å². The summed E-state index contributed by atoms with van der Waals surface area (Å²) in [6.45, 7) is 19.6. The van der Waals surface area contributed by atoms with Gasteiger partial charge in [-0.1, -0.05) is 38.5 Å². The lowest BCUT2D eigenvalue weighted by Crippen LogP contribution is -2.45. The van der Waals surface area contributed by atoms with Crippen molar-refractivity contribution < 1.29 is 14.6 Å². The molecule has 0 atom stereocenters. The maximum absolute atomic E-state index is 10.8. The van der Waals surface area contributed by atoms with E-state index in [2.05, 4.69) is 45.6 Å². The van der Waals surface area contributed by atoms with E-state index in [1.807, 2.05) is 32.0 Å². The first-order valence-corrected chi connectivity index (χ1v) is 12.5. The van der Waals surface area contributed by atoms with Gasteiger partial charge in [-0.15, -0.1) is 0 Å². The minimum absolute atomic E-state index is 0.245. The smallest absolute Gasteiger partial charge is 0.248 e. The molecular formula is C29H46N2O3. The van der Waals surface area contributed by atoms with Crippen LogP contribution < -0.4 is 10.5 Å². The third-order valence-corrected chi connectivity index (χ3v) is 6.75. The zero-order valence-corrected chi connectivity index (χ0v) is 22.4. The van der Waals surface area contributed by atoms with E-state index >= 15 is 0 Å². The number of rotatable bonds is 8. The molecule has 0 saturated carbocycles. The molecule has 0 bridgehead atoms. The van der Waals surface area contributed by atoms with Crippen molar-refractivity contribution in [3.63, 3.8) is 0 Å². The van der Waals surface area contributed by atoms with Crippen molar-refractivity contribution in [3.05, 3.63) is 63.7 Å². The molecule has 3 rings (SSSR count). The Bertz CT molecular complexity index is 881. The summed E-state index contributed by atoms with van der Waals surface area (Å²) in [7, 11) is 0. The first-order chi connectivity index (χ1) is 16.2. The molecule has 1 aliphatic rings. The highest BCUT2D eigenvalue weighted by atomic mass is 16.5. The van der Waals surface area contributed by atoms with Crippen molar-refractivity contribution in [2.45, 2.75) is 67.7 Å². The molecule has 34 heavy (non-hydrogen) atoms. The van der Waals surface area contributed by atoms with Gasteiger partial charge in [-0.3, -0.25) is 4.79 Å². The molecule has 0 spiro atoms. The Morgan fingerprint density at radius 2 is 1.62 bits per heavy atom. The second-order valence-electron chi connectivity index (χ2n) is 9.15. The molecule has 0 aliphatic carbocycles. The van der Waals surface area contributed by atoms with Crippen molar-refractivity contribution in [3.8, 4) is 5.75 Å². The Balaban J connectivity index is 0.000000268. The zero-order valence-electron chi connectivity index (χ0n) is 22.4. The highest BCUT2D eigenvalue weighted by Gasteiger charge is 2.22. The molecule has 5 heteroatoms. The number of nitrogens with two attached hydrogens (primary N) is 1. The number of likely N-dealkylation sites (tertiary alicyclic amines) is 1. The predicted octanol–water partition coefficient (Wildman–Crippen LogP) is 5.51. The van der Waals surface area contributed by atoms with Crippen molar-refractivity contribution in [2.24, 2.45) is 11.7 Å². The maximum Gasteiger partial charge on any atom is 0.248 e. The molecule has 1 heterocycles. The average molecular weight is 471 g/mol. The standard InChI is InChI=1S/C13H20O2.C9H11NO.C7H15N/c1-10-6-7-13(12(3)11(10)2)15-9-5-4-8-14;1-6-4-3-5-8(7(6)2)9(10)11;1-3-7-5-8(4-2)6-7/h6-7,14H,4-5,8-9H2,1-3H3;3-5H,1-2H3,(H2,10,11);7H,3-6H2,1-2H3. The number of hydrogen-bond acceptors (Lipinski definition) is 4. The Kier molecular flexibility index (Phi) is 13.5. The Hall–Kier alpha value is -2.37. The summed E-state index contributed by atoms with van der Waals surface area (Å²) >= 11 is 0. The fourth-order valence-corrected chi connectivity index (χ4v) is 3.69. The van der Waals surface area contributed by atoms with Crippen LogP contribution in [0.3, 0.4) is 0 Å². The number of aliphatic hydroxyl groups is 1. The molecule has 1 saturated heterocycles. The lowest BCUT2D eigenvalue weighted by molar-refractivity contribution is 0.0999. The fourth-order valence-electron chi connectivity index (χ4n) is 3.69. The summed E-state index contributed by atoms with van der Waals surface area (Å²) in [5.41, 5.74) is 11.7. The van der Waals surface area contributed by atoms with Gasteiger partial charge in [0.05, 0.1) is 6.61 Å². The van der Waals surface area contributed by atoms with Crippen LogP contribution >= 0.6 is 0 Å². The van der Waals surface area contributed by atoms with Crippen molar-refractivity contribution in [1.29, 1.82) is 0 Å². The van der Waals surface area contributed by atoms with Gasteiger partial charge in [-0.2, -0.15) is 0 Å². The van der Waals surface area contributed by atoms with E-state index in [0.29, 0.717) is 12.2 Å². The van der Waals surface area contributed by atoms with Gasteiger partial charge >= 0.3 is 0 Å². The van der Waals surface area contributed by atoms with E-state index in [1.54, 1.807) is 6.07 Å². The topological polar surface area (TPSA) is 75.8 Å². The van der Waals surface area contributed by atoms with Crippen LogP contribution in [-0.4, -0.2) is 48.8 Å². The molecule has 5 nitrogen and oxygen atoms in total. The normalized spacial score (nSPS) is 13.2. The summed E-state index contributed by atoms with van der Waals surface area (Å²) in [4.78, 5) is 13.3. The van der Waals surface area contributed by atoms with Crippen LogP contribution in [0.5, 0.6) is 5.75 Å². The minimum Gasteiger partial charge on any atom is -0.493 e. The number of benzene rings is 2. The second kappa shape index (κ2) is 15.5. The third kappa shape index (κ3) is 9.47. The number of carbonyl (C=O) groups excluding carboxylic acids is 1. The summed E-state index contributed by atoms with van der Waals surface area (Å²) in [6, 6.07) is 9.65. The quantitative estimate of drug-likeness (QED) is 0.499. The van der Waals surface area contributed by atoms with Crippen LogP contribution in [0, 0.1) is 40.5 Å². The number of nitrogens with zero attached hydrogens (tertiary/aromatic N) is 1. The van der Waals surface area contributed by atoms with Gasteiger partial charge in [0, 0.05) is 25.3 Å². The number of aliphatic hydroxyl groups excluding tert-OH is 1. The minimum atomic E-state index is -0.355. The maximum atomic E-state index is 10.8. The molecule has 190 valence electrons. The number of hydrogen-bond donors (Lipinski definition) is 2. The number of unbranched alkanes of at least 4 members (excludes halogenated alkanes) is 1. The first kappa shape index (κ1) is 29.7. The molecule has 2 aromatic carbocycles. The van der Waals surface area contributed by atoms with Crippen molar-refractivity contribution >= 4 is 5.91 Å². The average Bonchev–Trinajstić information content (AvgIpc) is 2.78. The molecule has 1 fully saturated rings. The van der Waals surface area contributed by atoms with E-state index in [0.717, 1.165) is 35.6 Å². The van der Waals surface area contributed by atoms with Crippen molar-refractivity contribution in [1.82, 2.24) is 4.90 Å². The van der Waals surface area contributed by atoms with E-state index in [1.165, 1.54) is 42.7 Å². The predicted molar refractivity (Wildman–Crippen MR) is 143 cm³/mol. The summed E-state index contributed by atoms with van der Waals surface area (Å²) in [5, 5.41) is 8.64. The highest BCUT2D eigenvalue weighted by Crippen LogP contribution is 2.23. The number of primary amides is 1. The summed E-state index contributed by atoms with van der Waals surface area (Å²) in [6.07, 6.45) is 3.09. The van der Waals surface area contributed by atoms with Crippen molar-refractivity contribution in [2.75, 3.05) is 32.8 Å². The summed E-state index contributed by atoms with van der Waals surface area (Å²) in [5.74, 6) is 1.64. The number of carbonyl (C=O) groups is 1. The van der Waals surface area contributed by atoms with Gasteiger partial charge in [0.1, 0.15) is 5.75 Å². The number of ether oxygens (including phenoxy) is 1. The number of aryl methyl sites for hydroxylation is 2. The molecule has 0 unspecified atom stereocenters. The molecule has 1 aliphatic heterocycles. The van der Waals surface area contributed by atoms with E-state index < -0.39 is 0 Å². The Labute approximate surface area is 207 Å². The SMILES string of the molecule is CCC1CN(CC)C1.Cc1ccc(OCCCCO)c(C)c1C.Cc1cccc(C(N)=O)c1C. The van der Waals surface area contributed by atoms with Crippen LogP contribution in [0.1, 0.15) is 71.3 Å². The lowest BCUT2D eigenvalue weighted by Gasteiger charge is -2.37. The fraction of sp³-hybridized carbons (Fsp3) is 0.552. The van der Waals surface area contributed by atoms with Crippen LogP contribution in [0.4, 0.5) is 0 Å². The van der Waals surface area contributed by atoms with Crippen LogP contribution in [-0.2, 0) is 0 Å². The second-order valence-corrected chi connectivity index (χ2v) is 9.15. The van der Waals surface area contributed by atoms with E-state index in [-0.39, 0.29) is 12.5 Å². The number of amides is 1. The van der Waals surface area contributed by atoms with Gasteiger partial charge < -0.3 is 20.5 Å². The van der Waals surface area contributed by atoms with Gasteiger partial charge in [-0.25, -0.2) is 0 Å². The lowest BCUT2D eigenvalue weighted by atomic mass is 9.98. The molecule has 0 radical (unpaired) electrons. The van der Waals surface area contributed by atoms with E-state index in [9.17, 15) is 4.79 Å². The van der Waals surface area contributed by atoms with Gasteiger partial charge in [0.2, 0.25) is 5.91 Å². The highest BCUT2D eigenvalue weighted by molar-refractivity contribution is 5.94. The van der Waals surface area contributed by atoms with Crippen LogP contribution in [0.2, 0.25) is 0 Å². The van der Waals surface area contributed by atoms with Crippen LogP contribution in [0.15, 0.2) is 30.3 Å². The zero-order chi connectivity index (χ0) is 25.7. The van der Waals surface area contributed by atoms with Gasteiger partial charge in [0.25, 0.3) is 0 Å². The molecule has 1 amide bonds. The first-order valence-electron chi connectivity index (χ1n) is 12.5. The van der Waals surface area contributed by atoms with E-state index in [4.69, 9.17) is 15.6 Å². The molecular weight excluding hydrogens is 424 g/mol. The largest absolute Gasteiger partial charge is 0.493 e. The molecule has 3 N–H and O–H groups in total. The molecule has 2 aromatic rings. The Morgan fingerprint density at radius 1 is 0.971 bits per heavy atom. The third-order valence-electron chi connectivity index (χ3n) is 6.75. The van der Waals surface area contributed by atoms with Gasteiger partial charge in [0.15, 0.2) is 0 Å². The monoisotopic (exact) mass is 470 g/mol.